The van der Waals surface area contributed by atoms with Gasteiger partial charge in [0.15, 0.2) is 0 Å². The summed E-state index contributed by atoms with van der Waals surface area (Å²) in [7, 11) is 0. The minimum atomic E-state index is -0.0287. The minimum Gasteiger partial charge on any atom is -0.361 e. The van der Waals surface area contributed by atoms with Gasteiger partial charge in [-0.05, 0) is 43.1 Å². The first-order chi connectivity index (χ1) is 12.7. The van der Waals surface area contributed by atoms with E-state index in [0.717, 1.165) is 30.9 Å². The third-order valence-electron chi connectivity index (χ3n) is 5.10. The molecule has 3 heterocycles. The quantitative estimate of drug-likeness (QED) is 0.741. The molecule has 0 spiro atoms. The van der Waals surface area contributed by atoms with Gasteiger partial charge in [0.1, 0.15) is 0 Å². The van der Waals surface area contributed by atoms with E-state index in [1.54, 1.807) is 0 Å². The summed E-state index contributed by atoms with van der Waals surface area (Å²) in [5.74, 6) is -0.0287. The number of benzene rings is 1. The van der Waals surface area contributed by atoms with Gasteiger partial charge in [0, 0.05) is 30.6 Å². The van der Waals surface area contributed by atoms with Gasteiger partial charge in [-0.2, -0.15) is 0 Å². The molecule has 5 heteroatoms. The predicted octanol–water partition coefficient (Wildman–Crippen LogP) is 3.54. The van der Waals surface area contributed by atoms with Crippen molar-refractivity contribution in [3.8, 4) is 0 Å². The molecule has 5 nitrogen and oxygen atoms in total. The number of fused-ring (bicyclic) bond motifs is 1. The Morgan fingerprint density at radius 2 is 2.15 bits per heavy atom. The van der Waals surface area contributed by atoms with E-state index >= 15 is 0 Å². The van der Waals surface area contributed by atoms with E-state index in [1.807, 2.05) is 12.1 Å². The average molecular weight is 348 g/mol. The van der Waals surface area contributed by atoms with E-state index in [-0.39, 0.29) is 5.91 Å². The first-order valence-electron chi connectivity index (χ1n) is 9.20. The fourth-order valence-corrected chi connectivity index (χ4v) is 3.83. The minimum absolute atomic E-state index is 0.0287. The lowest BCUT2D eigenvalue weighted by atomic mass is 10.1. The van der Waals surface area contributed by atoms with Crippen LogP contribution in [0.2, 0.25) is 0 Å². The summed E-state index contributed by atoms with van der Waals surface area (Å²) in [6, 6.07) is 14.9. The lowest BCUT2D eigenvalue weighted by Gasteiger charge is -2.24. The van der Waals surface area contributed by atoms with Crippen molar-refractivity contribution in [2.24, 2.45) is 0 Å². The number of H-pyrrole nitrogens is 1. The molecule has 1 fully saturated rings. The highest BCUT2D eigenvalue weighted by Gasteiger charge is 2.27. The van der Waals surface area contributed by atoms with Crippen LogP contribution in [0.25, 0.3) is 10.9 Å². The monoisotopic (exact) mass is 348 g/mol. The number of aromatic nitrogens is 2. The Hall–Kier alpha value is -2.66. The van der Waals surface area contributed by atoms with E-state index in [0.29, 0.717) is 12.6 Å². The highest BCUT2D eigenvalue weighted by Crippen LogP contribution is 2.33. The molecule has 2 N–H and O–H groups in total. The SMILES string of the molecule is CC(=O)NCc1cccc([C@@H]2CCCN2Cc2c[nH]c3ccccc23)n1. The van der Waals surface area contributed by atoms with E-state index in [1.165, 1.54) is 29.8 Å². The Balaban J connectivity index is 1.53. The maximum absolute atomic E-state index is 11.1. The number of nitrogens with zero attached hydrogens (tertiary/aromatic N) is 2. The number of aromatic amines is 1. The molecule has 2 aromatic heterocycles. The number of carbonyl (C=O) groups excluding carboxylic acids is 1. The molecule has 1 saturated heterocycles. The Morgan fingerprint density at radius 1 is 1.27 bits per heavy atom. The number of hydrogen-bond donors (Lipinski definition) is 2. The molecule has 0 saturated carbocycles. The maximum atomic E-state index is 11.1. The Bertz CT molecular complexity index is 917. The fraction of sp³-hybridized carbons (Fsp3) is 0.333. The Kier molecular flexibility index (Phi) is 4.71. The molecule has 1 amide bonds. The standard InChI is InChI=1S/C21H24N4O/c1-15(26)22-13-17-6-4-9-20(24-17)21-10-5-11-25(21)14-16-12-23-19-8-3-2-7-18(16)19/h2-4,6-9,12,21,23H,5,10-11,13-14H2,1H3,(H,22,26)/t21-/m0/s1. The van der Waals surface area contributed by atoms with Crippen molar-refractivity contribution in [1.29, 1.82) is 0 Å². The van der Waals surface area contributed by atoms with Gasteiger partial charge in [-0.25, -0.2) is 0 Å². The van der Waals surface area contributed by atoms with Crippen molar-refractivity contribution in [2.75, 3.05) is 6.54 Å². The van der Waals surface area contributed by atoms with E-state index in [2.05, 4.69) is 51.7 Å². The lowest BCUT2D eigenvalue weighted by Crippen LogP contribution is -2.24. The molecule has 1 atom stereocenters. The fourth-order valence-electron chi connectivity index (χ4n) is 3.83. The number of pyridine rings is 1. The summed E-state index contributed by atoms with van der Waals surface area (Å²) in [5.41, 5.74) is 4.54. The van der Waals surface area contributed by atoms with Gasteiger partial charge in [0.25, 0.3) is 0 Å². The zero-order chi connectivity index (χ0) is 17.9. The van der Waals surface area contributed by atoms with Crippen LogP contribution in [0, 0.1) is 0 Å². The highest BCUT2D eigenvalue weighted by molar-refractivity contribution is 5.83. The van der Waals surface area contributed by atoms with Crippen molar-refractivity contribution >= 4 is 16.8 Å². The second kappa shape index (κ2) is 7.30. The van der Waals surface area contributed by atoms with Crippen LogP contribution >= 0.6 is 0 Å². The molecule has 0 bridgehead atoms. The van der Waals surface area contributed by atoms with Crippen molar-refractivity contribution < 1.29 is 4.79 Å². The summed E-state index contributed by atoms with van der Waals surface area (Å²) in [6.07, 6.45) is 4.43. The molecule has 1 aliphatic heterocycles. The Morgan fingerprint density at radius 3 is 3.04 bits per heavy atom. The number of para-hydroxylation sites is 1. The summed E-state index contributed by atoms with van der Waals surface area (Å²) in [6.45, 7) is 4.02. The van der Waals surface area contributed by atoms with Gasteiger partial charge in [0.2, 0.25) is 5.91 Å². The molecule has 3 aromatic rings. The topological polar surface area (TPSA) is 61.0 Å². The number of nitrogens with one attached hydrogen (secondary N) is 2. The summed E-state index contributed by atoms with van der Waals surface area (Å²) in [4.78, 5) is 21.8. The van der Waals surface area contributed by atoms with Crippen LogP contribution in [0.1, 0.15) is 42.8 Å². The van der Waals surface area contributed by atoms with Crippen molar-refractivity contribution in [2.45, 2.75) is 38.9 Å². The molecule has 4 rings (SSSR count). The largest absolute Gasteiger partial charge is 0.361 e. The number of rotatable bonds is 5. The van der Waals surface area contributed by atoms with Gasteiger partial charge in [-0.1, -0.05) is 24.3 Å². The number of amides is 1. The van der Waals surface area contributed by atoms with Gasteiger partial charge in [0.05, 0.1) is 24.0 Å². The van der Waals surface area contributed by atoms with Crippen LogP contribution in [0.3, 0.4) is 0 Å². The van der Waals surface area contributed by atoms with Gasteiger partial charge in [-0.3, -0.25) is 14.7 Å². The zero-order valence-corrected chi connectivity index (χ0v) is 15.0. The van der Waals surface area contributed by atoms with Gasteiger partial charge < -0.3 is 10.3 Å². The van der Waals surface area contributed by atoms with Crippen LogP contribution in [-0.2, 0) is 17.9 Å². The van der Waals surface area contributed by atoms with Crippen molar-refractivity contribution in [3.05, 3.63) is 65.6 Å². The van der Waals surface area contributed by atoms with E-state index in [9.17, 15) is 4.79 Å². The van der Waals surface area contributed by atoms with Gasteiger partial charge >= 0.3 is 0 Å². The van der Waals surface area contributed by atoms with E-state index in [4.69, 9.17) is 4.98 Å². The smallest absolute Gasteiger partial charge is 0.217 e. The summed E-state index contributed by atoms with van der Waals surface area (Å²) in [5, 5.41) is 4.12. The number of likely N-dealkylation sites (tertiary alicyclic amines) is 1. The van der Waals surface area contributed by atoms with Gasteiger partial charge in [-0.15, -0.1) is 0 Å². The molecular weight excluding hydrogens is 324 g/mol. The average Bonchev–Trinajstić information content (AvgIpc) is 3.28. The van der Waals surface area contributed by atoms with Crippen LogP contribution < -0.4 is 5.32 Å². The second-order valence-corrected chi connectivity index (χ2v) is 6.95. The van der Waals surface area contributed by atoms with Crippen molar-refractivity contribution in [1.82, 2.24) is 20.2 Å². The van der Waals surface area contributed by atoms with Crippen LogP contribution in [-0.4, -0.2) is 27.3 Å². The number of hydrogen-bond acceptors (Lipinski definition) is 3. The second-order valence-electron chi connectivity index (χ2n) is 6.95. The third-order valence-corrected chi connectivity index (χ3v) is 5.10. The lowest BCUT2D eigenvalue weighted by molar-refractivity contribution is -0.119. The van der Waals surface area contributed by atoms with Crippen LogP contribution in [0.5, 0.6) is 0 Å². The summed E-state index contributed by atoms with van der Waals surface area (Å²) >= 11 is 0. The molecule has 0 radical (unpaired) electrons. The molecular formula is C21H24N4O. The van der Waals surface area contributed by atoms with E-state index < -0.39 is 0 Å². The first-order valence-corrected chi connectivity index (χ1v) is 9.20. The van der Waals surface area contributed by atoms with Crippen LogP contribution in [0.4, 0.5) is 0 Å². The molecule has 0 aliphatic carbocycles. The highest BCUT2D eigenvalue weighted by atomic mass is 16.1. The summed E-state index contributed by atoms with van der Waals surface area (Å²) < 4.78 is 0. The zero-order valence-electron chi connectivity index (χ0n) is 15.0. The first kappa shape index (κ1) is 16.8. The number of carbonyl (C=O) groups is 1. The Labute approximate surface area is 153 Å². The maximum Gasteiger partial charge on any atom is 0.217 e. The van der Waals surface area contributed by atoms with Crippen LogP contribution in [0.15, 0.2) is 48.7 Å². The third kappa shape index (κ3) is 3.48. The molecule has 0 unspecified atom stereocenters. The molecule has 26 heavy (non-hydrogen) atoms. The molecule has 1 aromatic carbocycles. The molecule has 134 valence electrons. The van der Waals surface area contributed by atoms with Crippen molar-refractivity contribution in [3.63, 3.8) is 0 Å². The molecule has 1 aliphatic rings. The normalized spacial score (nSPS) is 17.7. The predicted molar refractivity (Wildman–Crippen MR) is 102 cm³/mol.